The van der Waals surface area contributed by atoms with Gasteiger partial charge in [0.25, 0.3) is 10.0 Å². The monoisotopic (exact) mass is 385 g/mol. The van der Waals surface area contributed by atoms with Crippen molar-refractivity contribution in [2.24, 2.45) is 4.99 Å². The van der Waals surface area contributed by atoms with Crippen LogP contribution in [-0.2, 0) is 26.2 Å². The Morgan fingerprint density at radius 1 is 1.22 bits per heavy atom. The number of hydrogen-bond acceptors (Lipinski definition) is 7. The number of ether oxygens (including phenoxy) is 1. The number of sulfonamides is 1. The van der Waals surface area contributed by atoms with E-state index in [2.05, 4.69) is 14.7 Å². The quantitative estimate of drug-likeness (QED) is 0.688. The van der Waals surface area contributed by atoms with E-state index in [1.807, 2.05) is 12.1 Å². The third-order valence-corrected chi connectivity index (χ3v) is 5.40. The third kappa shape index (κ3) is 3.28. The summed E-state index contributed by atoms with van der Waals surface area (Å²) in [5.41, 5.74) is 1.71. The second-order valence-electron chi connectivity index (χ2n) is 5.94. The van der Waals surface area contributed by atoms with E-state index in [0.717, 1.165) is 0 Å². The van der Waals surface area contributed by atoms with E-state index in [1.54, 1.807) is 30.3 Å². The minimum absolute atomic E-state index is 0.122. The van der Waals surface area contributed by atoms with Crippen molar-refractivity contribution in [1.82, 2.24) is 9.71 Å². The molecule has 9 heteroatoms. The summed E-state index contributed by atoms with van der Waals surface area (Å²) in [6, 6.07) is 12.7. The van der Waals surface area contributed by atoms with Crippen LogP contribution >= 0.6 is 0 Å². The maximum atomic E-state index is 12.2. The number of fused-ring (bicyclic) bond motifs is 2. The molecule has 27 heavy (non-hydrogen) atoms. The lowest BCUT2D eigenvalue weighted by molar-refractivity contribution is -0.146. The maximum absolute atomic E-state index is 12.2. The highest BCUT2D eigenvalue weighted by molar-refractivity contribution is 7.90. The molecule has 0 saturated heterocycles. The highest BCUT2D eigenvalue weighted by atomic mass is 32.2. The molecule has 2 heterocycles. The minimum Gasteiger partial charge on any atom is -0.454 e. The fourth-order valence-corrected chi connectivity index (χ4v) is 3.95. The molecule has 0 bridgehead atoms. The summed E-state index contributed by atoms with van der Waals surface area (Å²) in [6.45, 7) is 1.39. The summed E-state index contributed by atoms with van der Waals surface area (Å²) >= 11 is 0. The van der Waals surface area contributed by atoms with Gasteiger partial charge in [-0.1, -0.05) is 24.3 Å². The Morgan fingerprint density at radius 3 is 2.78 bits per heavy atom. The number of carbonyl (C=O) groups is 1. The first-order valence-corrected chi connectivity index (χ1v) is 9.63. The predicted octanol–water partition coefficient (Wildman–Crippen LogP) is 2.00. The molecule has 0 unspecified atom stereocenters. The van der Waals surface area contributed by atoms with Crippen LogP contribution in [0, 0.1) is 0 Å². The van der Waals surface area contributed by atoms with Crippen molar-refractivity contribution in [3.8, 4) is 0 Å². The number of hydrogen-bond donors (Lipinski definition) is 1. The number of aromatic nitrogens is 1. The standard InChI is InChI=1S/C18H15N3O5S/c1-11(19-17-12-6-2-5-9-15(12)27(23,24)21-17)18(22)25-10-16-20-13-7-3-4-8-14(13)26-16/h2-9,11H,10H2,1H3,(H,19,21)/t11-/m0/s1. The lowest BCUT2D eigenvalue weighted by Crippen LogP contribution is -2.26. The van der Waals surface area contributed by atoms with Gasteiger partial charge in [-0.15, -0.1) is 0 Å². The second-order valence-corrected chi connectivity index (χ2v) is 7.59. The molecular formula is C18H15N3O5S. The number of esters is 1. The summed E-state index contributed by atoms with van der Waals surface area (Å²) < 4.78 is 37.2. The van der Waals surface area contributed by atoms with Gasteiger partial charge in [-0.2, -0.15) is 0 Å². The molecule has 0 saturated carbocycles. The number of nitrogens with one attached hydrogen (secondary N) is 1. The first kappa shape index (κ1) is 17.2. The molecule has 1 N–H and O–H groups in total. The van der Waals surface area contributed by atoms with Crippen LogP contribution in [0.15, 0.2) is 62.8 Å². The number of carbonyl (C=O) groups excluding carboxylic acids is 1. The van der Waals surface area contributed by atoms with Crippen molar-refractivity contribution in [3.05, 3.63) is 60.0 Å². The number of aliphatic imine (C=N–C) groups is 1. The van der Waals surface area contributed by atoms with Gasteiger partial charge in [-0.25, -0.2) is 18.2 Å². The smallest absolute Gasteiger partial charge is 0.331 e. The van der Waals surface area contributed by atoms with Gasteiger partial charge in [-0.3, -0.25) is 9.71 Å². The maximum Gasteiger partial charge on any atom is 0.331 e. The van der Waals surface area contributed by atoms with Gasteiger partial charge in [-0.05, 0) is 31.2 Å². The van der Waals surface area contributed by atoms with Crippen LogP contribution in [0.4, 0.5) is 0 Å². The van der Waals surface area contributed by atoms with Crippen LogP contribution in [0.5, 0.6) is 0 Å². The molecule has 1 aromatic heterocycles. The lowest BCUT2D eigenvalue weighted by Gasteiger charge is -2.07. The Balaban J connectivity index is 1.47. The van der Waals surface area contributed by atoms with Gasteiger partial charge in [0.05, 0.1) is 4.90 Å². The van der Waals surface area contributed by atoms with E-state index in [1.165, 1.54) is 13.0 Å². The normalized spacial score (nSPS) is 17.4. The van der Waals surface area contributed by atoms with Gasteiger partial charge in [0.15, 0.2) is 12.2 Å². The van der Waals surface area contributed by atoms with Crippen molar-refractivity contribution in [1.29, 1.82) is 0 Å². The second kappa shape index (κ2) is 6.51. The van der Waals surface area contributed by atoms with E-state index in [4.69, 9.17) is 9.15 Å². The molecule has 138 valence electrons. The Bertz CT molecular complexity index is 1130. The van der Waals surface area contributed by atoms with Crippen LogP contribution in [-0.4, -0.2) is 31.2 Å². The first-order valence-electron chi connectivity index (χ1n) is 8.15. The molecular weight excluding hydrogens is 370 g/mol. The number of oxazole rings is 1. The van der Waals surface area contributed by atoms with E-state index >= 15 is 0 Å². The van der Waals surface area contributed by atoms with Gasteiger partial charge >= 0.3 is 5.97 Å². The summed E-state index contributed by atoms with van der Waals surface area (Å²) in [7, 11) is -3.65. The third-order valence-electron chi connectivity index (χ3n) is 4.00. The van der Waals surface area contributed by atoms with E-state index in [9.17, 15) is 13.2 Å². The van der Waals surface area contributed by atoms with Gasteiger partial charge in [0.1, 0.15) is 17.4 Å². The Hall–Kier alpha value is -3.20. The highest BCUT2D eigenvalue weighted by Crippen LogP contribution is 2.22. The average molecular weight is 385 g/mol. The van der Waals surface area contributed by atoms with Crippen molar-refractivity contribution < 1.29 is 22.4 Å². The van der Waals surface area contributed by atoms with Crippen molar-refractivity contribution in [3.63, 3.8) is 0 Å². The van der Waals surface area contributed by atoms with Gasteiger partial charge in [0, 0.05) is 5.56 Å². The Kier molecular flexibility index (Phi) is 4.15. The van der Waals surface area contributed by atoms with Crippen molar-refractivity contribution in [2.45, 2.75) is 24.5 Å². The molecule has 0 spiro atoms. The minimum atomic E-state index is -3.65. The van der Waals surface area contributed by atoms with Crippen molar-refractivity contribution >= 4 is 32.9 Å². The van der Waals surface area contributed by atoms with Crippen LogP contribution in [0.25, 0.3) is 11.1 Å². The van der Waals surface area contributed by atoms with Crippen LogP contribution in [0.2, 0.25) is 0 Å². The molecule has 2 aromatic carbocycles. The molecule has 0 fully saturated rings. The fraction of sp³-hybridized carbons (Fsp3) is 0.167. The molecule has 8 nitrogen and oxygen atoms in total. The zero-order valence-corrected chi connectivity index (χ0v) is 15.1. The molecule has 0 amide bonds. The summed E-state index contributed by atoms with van der Waals surface area (Å²) in [5, 5.41) is 0. The molecule has 0 aliphatic carbocycles. The van der Waals surface area contributed by atoms with Crippen LogP contribution in [0.1, 0.15) is 18.4 Å². The number of para-hydroxylation sites is 2. The number of benzene rings is 2. The van der Waals surface area contributed by atoms with Gasteiger partial charge < -0.3 is 9.15 Å². The number of rotatable bonds is 4. The fourth-order valence-electron chi connectivity index (χ4n) is 2.71. The van der Waals surface area contributed by atoms with E-state index < -0.39 is 22.0 Å². The highest BCUT2D eigenvalue weighted by Gasteiger charge is 2.31. The first-order chi connectivity index (χ1) is 12.9. The topological polar surface area (TPSA) is 111 Å². The zero-order valence-electron chi connectivity index (χ0n) is 14.2. The summed E-state index contributed by atoms with van der Waals surface area (Å²) in [5.74, 6) is -0.221. The molecule has 3 aromatic rings. The summed E-state index contributed by atoms with van der Waals surface area (Å²) in [4.78, 5) is 20.7. The molecule has 1 aliphatic heterocycles. The zero-order chi connectivity index (χ0) is 19.0. The van der Waals surface area contributed by atoms with Crippen molar-refractivity contribution in [2.75, 3.05) is 0 Å². The number of nitrogens with zero attached hydrogens (tertiary/aromatic N) is 2. The van der Waals surface area contributed by atoms with Crippen LogP contribution in [0.3, 0.4) is 0 Å². The molecule has 4 rings (SSSR count). The molecule has 1 aliphatic rings. The summed E-state index contributed by atoms with van der Waals surface area (Å²) in [6.07, 6.45) is 0. The average Bonchev–Trinajstić information content (AvgIpc) is 3.18. The molecule has 0 radical (unpaired) electrons. The Morgan fingerprint density at radius 2 is 1.96 bits per heavy atom. The van der Waals surface area contributed by atoms with Gasteiger partial charge in [0.2, 0.25) is 5.89 Å². The number of amidine groups is 1. The van der Waals surface area contributed by atoms with E-state index in [-0.39, 0.29) is 23.2 Å². The van der Waals surface area contributed by atoms with Crippen LogP contribution < -0.4 is 4.72 Å². The predicted molar refractivity (Wildman–Crippen MR) is 96.6 cm³/mol. The lowest BCUT2D eigenvalue weighted by atomic mass is 10.2. The SMILES string of the molecule is C[C@H](N=C1NS(=O)(=O)c2ccccc21)C(=O)OCc1nc2ccccc2o1. The largest absolute Gasteiger partial charge is 0.454 e. The van der Waals surface area contributed by atoms with E-state index in [0.29, 0.717) is 16.7 Å². The molecule has 1 atom stereocenters. The Labute approximate surface area is 154 Å².